The Balaban J connectivity index is 1.36. The number of hydrogen-bond acceptors (Lipinski definition) is 3. The molecule has 2 atom stereocenters. The number of anilines is 1. The molecule has 1 aliphatic rings. The van der Waals surface area contributed by atoms with Gasteiger partial charge in [0.2, 0.25) is 0 Å². The molecule has 0 spiro atoms. The van der Waals surface area contributed by atoms with Crippen LogP contribution in [0, 0.1) is 0 Å². The Morgan fingerprint density at radius 3 is 2.48 bits per heavy atom. The first-order chi connectivity index (χ1) is 14.2. The number of carbonyl (C=O) groups excluding carboxylic acids is 2. The molecular weight excluding hydrogens is 364 g/mol. The topological polar surface area (TPSA) is 67.4 Å². The summed E-state index contributed by atoms with van der Waals surface area (Å²) in [6, 6.07) is 22.8. The molecule has 0 aliphatic heterocycles. The van der Waals surface area contributed by atoms with Gasteiger partial charge in [-0.2, -0.15) is 0 Å². The maximum absolute atomic E-state index is 12.9. The quantitative estimate of drug-likeness (QED) is 0.651. The smallest absolute Gasteiger partial charge is 0.411 e. The molecule has 0 aromatic heterocycles. The predicted molar refractivity (Wildman–Crippen MR) is 114 cm³/mol. The third kappa shape index (κ3) is 4.74. The lowest BCUT2D eigenvalue weighted by molar-refractivity contribution is 0.0713. The molecule has 2 amide bonds. The molecule has 3 aromatic carbocycles. The Morgan fingerprint density at radius 1 is 0.862 bits per heavy atom. The van der Waals surface area contributed by atoms with E-state index >= 15 is 0 Å². The summed E-state index contributed by atoms with van der Waals surface area (Å²) in [4.78, 5) is 25.0. The van der Waals surface area contributed by atoms with Crippen LogP contribution < -0.4 is 10.6 Å². The Bertz CT molecular complexity index is 998. The third-order valence-corrected chi connectivity index (χ3v) is 5.29. The van der Waals surface area contributed by atoms with Crippen LogP contribution in [0.3, 0.4) is 0 Å². The van der Waals surface area contributed by atoms with Crippen molar-refractivity contribution >= 4 is 28.5 Å². The fourth-order valence-electron chi connectivity index (χ4n) is 3.89. The molecule has 0 heterocycles. The molecule has 0 saturated heterocycles. The number of rotatable bonds is 4. The third-order valence-electron chi connectivity index (χ3n) is 5.29. The van der Waals surface area contributed by atoms with Gasteiger partial charge in [-0.3, -0.25) is 10.1 Å². The minimum atomic E-state index is -0.456. The highest BCUT2D eigenvalue weighted by atomic mass is 16.6. The number of ether oxygens (including phenoxy) is 1. The summed E-state index contributed by atoms with van der Waals surface area (Å²) in [5, 5.41) is 7.86. The van der Waals surface area contributed by atoms with E-state index in [1.165, 1.54) is 0 Å². The lowest BCUT2D eigenvalue weighted by Gasteiger charge is -2.29. The first-order valence-corrected chi connectivity index (χ1v) is 10.0. The van der Waals surface area contributed by atoms with Crippen molar-refractivity contribution in [3.05, 3.63) is 78.4 Å². The van der Waals surface area contributed by atoms with Crippen LogP contribution in [0.25, 0.3) is 10.8 Å². The van der Waals surface area contributed by atoms with Gasteiger partial charge in [0, 0.05) is 23.7 Å². The maximum atomic E-state index is 12.9. The van der Waals surface area contributed by atoms with E-state index in [-0.39, 0.29) is 18.1 Å². The lowest BCUT2D eigenvalue weighted by atomic mass is 9.92. The highest BCUT2D eigenvalue weighted by molar-refractivity contribution is 6.07. The van der Waals surface area contributed by atoms with E-state index in [2.05, 4.69) is 10.6 Å². The highest BCUT2D eigenvalue weighted by Gasteiger charge is 2.26. The van der Waals surface area contributed by atoms with Crippen LogP contribution in [0.1, 0.15) is 36.0 Å². The molecule has 0 radical (unpaired) electrons. The summed E-state index contributed by atoms with van der Waals surface area (Å²) in [5.41, 5.74) is 1.38. The molecule has 3 aromatic rings. The first kappa shape index (κ1) is 19.0. The van der Waals surface area contributed by atoms with Crippen molar-refractivity contribution in [3.63, 3.8) is 0 Å². The average Bonchev–Trinajstić information content (AvgIpc) is 2.74. The minimum absolute atomic E-state index is 0.00950. The maximum Gasteiger partial charge on any atom is 0.411 e. The van der Waals surface area contributed by atoms with Gasteiger partial charge < -0.3 is 10.1 Å². The van der Waals surface area contributed by atoms with Crippen molar-refractivity contribution in [1.82, 2.24) is 5.32 Å². The van der Waals surface area contributed by atoms with Crippen LogP contribution in [0.4, 0.5) is 10.5 Å². The molecule has 5 heteroatoms. The van der Waals surface area contributed by atoms with Crippen LogP contribution in [0.5, 0.6) is 0 Å². The summed E-state index contributed by atoms with van der Waals surface area (Å²) >= 11 is 0. The van der Waals surface area contributed by atoms with Gasteiger partial charge in [-0.25, -0.2) is 4.79 Å². The van der Waals surface area contributed by atoms with Gasteiger partial charge >= 0.3 is 6.09 Å². The van der Waals surface area contributed by atoms with Gasteiger partial charge in [0.1, 0.15) is 6.10 Å². The summed E-state index contributed by atoms with van der Waals surface area (Å²) in [7, 11) is 0. The van der Waals surface area contributed by atoms with Crippen LogP contribution in [0.15, 0.2) is 72.8 Å². The molecule has 1 fully saturated rings. The predicted octanol–water partition coefficient (Wildman–Crippen LogP) is 5.13. The fraction of sp³-hybridized carbons (Fsp3) is 0.250. The highest BCUT2D eigenvalue weighted by Crippen LogP contribution is 2.24. The minimum Gasteiger partial charge on any atom is -0.446 e. The molecule has 1 saturated carbocycles. The molecule has 148 valence electrons. The van der Waals surface area contributed by atoms with Gasteiger partial charge in [0.15, 0.2) is 0 Å². The second-order valence-electron chi connectivity index (χ2n) is 7.38. The number of nitrogens with one attached hydrogen (secondary N) is 2. The van der Waals surface area contributed by atoms with Crippen molar-refractivity contribution < 1.29 is 14.3 Å². The molecular formula is C24H24N2O3. The van der Waals surface area contributed by atoms with E-state index < -0.39 is 6.09 Å². The van der Waals surface area contributed by atoms with Crippen molar-refractivity contribution in [2.24, 2.45) is 0 Å². The van der Waals surface area contributed by atoms with Crippen molar-refractivity contribution in [2.75, 3.05) is 5.32 Å². The number of para-hydroxylation sites is 1. The largest absolute Gasteiger partial charge is 0.446 e. The van der Waals surface area contributed by atoms with Crippen LogP contribution in [0.2, 0.25) is 0 Å². The standard InChI is InChI=1S/C24H24N2O3/c27-23(22-15-6-9-17-8-4-5-14-21(17)22)25-19-12-7-13-20(16-19)29-24(28)26-18-10-2-1-3-11-18/h1-6,8-11,14-15,19-20H,7,12-13,16H2,(H,25,27)(H,26,28)/t19-,20+/m1/s1. The summed E-state index contributed by atoms with van der Waals surface area (Å²) in [6.07, 6.45) is 2.56. The number of amides is 2. The number of hydrogen-bond donors (Lipinski definition) is 2. The van der Waals surface area contributed by atoms with Crippen molar-refractivity contribution in [1.29, 1.82) is 0 Å². The molecule has 0 bridgehead atoms. The summed E-state index contributed by atoms with van der Waals surface area (Å²) in [5.74, 6) is -0.0822. The zero-order chi connectivity index (χ0) is 20.1. The fourth-order valence-corrected chi connectivity index (χ4v) is 3.89. The molecule has 29 heavy (non-hydrogen) atoms. The van der Waals surface area contributed by atoms with Gasteiger partial charge in [-0.1, -0.05) is 54.6 Å². The Labute approximate surface area is 170 Å². The molecule has 1 aliphatic carbocycles. The normalized spacial score (nSPS) is 18.8. The van der Waals surface area contributed by atoms with Crippen LogP contribution in [-0.4, -0.2) is 24.1 Å². The van der Waals surface area contributed by atoms with Crippen LogP contribution >= 0.6 is 0 Å². The van der Waals surface area contributed by atoms with Gasteiger partial charge in [-0.05, 0) is 48.2 Å². The molecule has 4 rings (SSSR count). The lowest BCUT2D eigenvalue weighted by Crippen LogP contribution is -2.41. The summed E-state index contributed by atoms with van der Waals surface area (Å²) in [6.45, 7) is 0. The van der Waals surface area contributed by atoms with E-state index in [0.717, 1.165) is 30.0 Å². The zero-order valence-electron chi connectivity index (χ0n) is 16.1. The van der Waals surface area contributed by atoms with E-state index in [0.29, 0.717) is 17.7 Å². The Kier molecular flexibility index (Phi) is 5.75. The van der Waals surface area contributed by atoms with Gasteiger partial charge in [0.25, 0.3) is 5.91 Å². The van der Waals surface area contributed by atoms with Crippen molar-refractivity contribution in [2.45, 2.75) is 37.8 Å². The molecule has 2 N–H and O–H groups in total. The van der Waals surface area contributed by atoms with E-state index in [1.54, 1.807) is 0 Å². The second-order valence-corrected chi connectivity index (χ2v) is 7.38. The number of benzene rings is 3. The average molecular weight is 388 g/mol. The van der Waals surface area contributed by atoms with Crippen LogP contribution in [-0.2, 0) is 4.74 Å². The monoisotopic (exact) mass is 388 g/mol. The van der Waals surface area contributed by atoms with Gasteiger partial charge in [0.05, 0.1) is 0 Å². The molecule has 5 nitrogen and oxygen atoms in total. The van der Waals surface area contributed by atoms with E-state index in [4.69, 9.17) is 4.74 Å². The zero-order valence-corrected chi connectivity index (χ0v) is 16.1. The summed E-state index contributed by atoms with van der Waals surface area (Å²) < 4.78 is 5.58. The van der Waals surface area contributed by atoms with E-state index in [9.17, 15) is 9.59 Å². The van der Waals surface area contributed by atoms with Gasteiger partial charge in [-0.15, -0.1) is 0 Å². The first-order valence-electron chi connectivity index (χ1n) is 10.0. The second kappa shape index (κ2) is 8.78. The van der Waals surface area contributed by atoms with E-state index in [1.807, 2.05) is 72.8 Å². The number of fused-ring (bicyclic) bond motifs is 1. The molecule has 0 unspecified atom stereocenters. The Hall–Kier alpha value is -3.34. The number of carbonyl (C=O) groups is 2. The Morgan fingerprint density at radius 2 is 1.62 bits per heavy atom. The van der Waals surface area contributed by atoms with Crippen molar-refractivity contribution in [3.8, 4) is 0 Å². The SMILES string of the molecule is O=C(Nc1ccccc1)O[C@H]1CCC[C@@H](NC(=O)c2cccc3ccccc23)C1.